The number of aromatic nitrogens is 3. The van der Waals surface area contributed by atoms with Gasteiger partial charge in [-0.1, -0.05) is 23.7 Å². The zero-order valence-electron chi connectivity index (χ0n) is 10.5. The van der Waals surface area contributed by atoms with Gasteiger partial charge >= 0.3 is 0 Å². The minimum Gasteiger partial charge on any atom is -0.347 e. The Morgan fingerprint density at radius 3 is 2.85 bits per heavy atom. The highest BCUT2D eigenvalue weighted by Gasteiger charge is 2.10. The van der Waals surface area contributed by atoms with Gasteiger partial charge in [-0.05, 0) is 23.8 Å². The third kappa shape index (κ3) is 2.62. The summed E-state index contributed by atoms with van der Waals surface area (Å²) >= 11 is 5.81. The number of carbonyl (C=O) groups excluding carboxylic acids is 1. The zero-order chi connectivity index (χ0) is 13.9. The maximum atomic E-state index is 12.0. The van der Waals surface area contributed by atoms with Crippen molar-refractivity contribution in [3.8, 4) is 0 Å². The predicted octanol–water partition coefficient (Wildman–Crippen LogP) is 2.31. The molecule has 20 heavy (non-hydrogen) atoms. The van der Waals surface area contributed by atoms with Crippen molar-refractivity contribution in [3.63, 3.8) is 0 Å². The van der Waals surface area contributed by atoms with Gasteiger partial charge in [0.25, 0.3) is 5.91 Å². The number of nitrogens with one attached hydrogen (secondary N) is 1. The van der Waals surface area contributed by atoms with E-state index in [-0.39, 0.29) is 5.91 Å². The summed E-state index contributed by atoms with van der Waals surface area (Å²) in [5.74, 6) is -0.231. The van der Waals surface area contributed by atoms with E-state index in [1.54, 1.807) is 41.2 Å². The standard InChI is InChI=1S/C14H11ClN4O/c15-11-4-2-10(3-5-11)9-17-14(20)12-8-13-16-6-1-7-19(13)18-12/h1-8H,9H2,(H,17,20). The summed E-state index contributed by atoms with van der Waals surface area (Å²) in [4.78, 5) is 16.1. The number of nitrogens with zero attached hydrogens (tertiary/aromatic N) is 3. The van der Waals surface area contributed by atoms with Gasteiger partial charge in [-0.25, -0.2) is 9.50 Å². The molecule has 0 aliphatic carbocycles. The Morgan fingerprint density at radius 1 is 1.30 bits per heavy atom. The first-order chi connectivity index (χ1) is 9.72. The van der Waals surface area contributed by atoms with Crippen LogP contribution in [0.15, 0.2) is 48.8 Å². The Kier molecular flexibility index (Phi) is 3.35. The SMILES string of the molecule is O=C(NCc1ccc(Cl)cc1)c1cc2ncccn2n1. The van der Waals surface area contributed by atoms with E-state index in [0.29, 0.717) is 22.9 Å². The van der Waals surface area contributed by atoms with Crippen molar-refractivity contribution in [2.24, 2.45) is 0 Å². The molecule has 0 saturated carbocycles. The van der Waals surface area contributed by atoms with Gasteiger partial charge in [-0.15, -0.1) is 0 Å². The molecule has 0 radical (unpaired) electrons. The molecule has 0 saturated heterocycles. The molecule has 1 N–H and O–H groups in total. The van der Waals surface area contributed by atoms with Crippen molar-refractivity contribution in [2.45, 2.75) is 6.54 Å². The van der Waals surface area contributed by atoms with E-state index < -0.39 is 0 Å². The zero-order valence-corrected chi connectivity index (χ0v) is 11.2. The fraction of sp³-hybridized carbons (Fsp3) is 0.0714. The number of halogens is 1. The van der Waals surface area contributed by atoms with Crippen molar-refractivity contribution in [1.29, 1.82) is 0 Å². The van der Waals surface area contributed by atoms with E-state index in [1.165, 1.54) is 0 Å². The minimum absolute atomic E-state index is 0.231. The van der Waals surface area contributed by atoms with Crippen molar-refractivity contribution >= 4 is 23.2 Å². The van der Waals surface area contributed by atoms with E-state index in [9.17, 15) is 4.79 Å². The average molecular weight is 287 g/mol. The monoisotopic (exact) mass is 286 g/mol. The summed E-state index contributed by atoms with van der Waals surface area (Å²) in [5, 5.41) is 7.64. The van der Waals surface area contributed by atoms with Crippen LogP contribution in [0.4, 0.5) is 0 Å². The Balaban J connectivity index is 1.71. The third-order valence-electron chi connectivity index (χ3n) is 2.84. The molecule has 1 amide bonds. The number of fused-ring (bicyclic) bond motifs is 1. The lowest BCUT2D eigenvalue weighted by molar-refractivity contribution is 0.0945. The van der Waals surface area contributed by atoms with Crippen LogP contribution in [0.1, 0.15) is 16.1 Å². The second-order valence-electron chi connectivity index (χ2n) is 4.26. The molecule has 0 fully saturated rings. The number of carbonyl (C=O) groups is 1. The molecule has 3 aromatic rings. The van der Waals surface area contributed by atoms with Gasteiger partial charge < -0.3 is 5.32 Å². The van der Waals surface area contributed by atoms with Crippen LogP contribution in [-0.2, 0) is 6.54 Å². The van der Waals surface area contributed by atoms with Crippen molar-refractivity contribution < 1.29 is 4.79 Å². The summed E-state index contributed by atoms with van der Waals surface area (Å²) in [6.45, 7) is 0.428. The molecule has 2 heterocycles. The summed E-state index contributed by atoms with van der Waals surface area (Å²) in [6.07, 6.45) is 3.41. The van der Waals surface area contributed by atoms with Gasteiger partial charge in [-0.2, -0.15) is 5.10 Å². The number of amides is 1. The van der Waals surface area contributed by atoms with Crippen LogP contribution in [0.3, 0.4) is 0 Å². The van der Waals surface area contributed by atoms with Gasteiger partial charge in [0, 0.05) is 30.0 Å². The van der Waals surface area contributed by atoms with E-state index in [2.05, 4.69) is 15.4 Å². The minimum atomic E-state index is -0.231. The number of benzene rings is 1. The van der Waals surface area contributed by atoms with Crippen LogP contribution in [0, 0.1) is 0 Å². The Labute approximate surface area is 120 Å². The molecule has 100 valence electrons. The highest BCUT2D eigenvalue weighted by atomic mass is 35.5. The first-order valence-corrected chi connectivity index (χ1v) is 6.43. The lowest BCUT2D eigenvalue weighted by Gasteiger charge is -2.03. The lowest BCUT2D eigenvalue weighted by atomic mass is 10.2. The van der Waals surface area contributed by atoms with E-state index in [1.807, 2.05) is 12.1 Å². The van der Waals surface area contributed by atoms with Gasteiger partial charge in [-0.3, -0.25) is 4.79 Å². The quantitative estimate of drug-likeness (QED) is 0.804. The molecule has 0 aliphatic heterocycles. The van der Waals surface area contributed by atoms with E-state index in [4.69, 9.17) is 11.6 Å². The third-order valence-corrected chi connectivity index (χ3v) is 3.09. The molecule has 3 rings (SSSR count). The molecule has 0 spiro atoms. The van der Waals surface area contributed by atoms with Gasteiger partial charge in [0.05, 0.1) is 0 Å². The van der Waals surface area contributed by atoms with Crippen LogP contribution in [-0.4, -0.2) is 20.5 Å². The van der Waals surface area contributed by atoms with Crippen LogP contribution < -0.4 is 5.32 Å². The topological polar surface area (TPSA) is 59.3 Å². The molecule has 5 nitrogen and oxygen atoms in total. The summed E-state index contributed by atoms with van der Waals surface area (Å²) in [7, 11) is 0. The smallest absolute Gasteiger partial charge is 0.272 e. The van der Waals surface area contributed by atoms with Gasteiger partial charge in [0.1, 0.15) is 0 Å². The van der Waals surface area contributed by atoms with Crippen LogP contribution >= 0.6 is 11.6 Å². The molecular formula is C14H11ClN4O. The maximum Gasteiger partial charge on any atom is 0.272 e. The molecule has 0 aliphatic rings. The normalized spacial score (nSPS) is 10.7. The lowest BCUT2D eigenvalue weighted by Crippen LogP contribution is -2.23. The fourth-order valence-corrected chi connectivity index (χ4v) is 1.94. The van der Waals surface area contributed by atoms with Gasteiger partial charge in [0.15, 0.2) is 11.3 Å². The summed E-state index contributed by atoms with van der Waals surface area (Å²) in [6, 6.07) is 10.7. The molecule has 0 bridgehead atoms. The molecule has 1 aromatic carbocycles. The molecule has 0 unspecified atom stereocenters. The van der Waals surface area contributed by atoms with Crippen LogP contribution in [0.5, 0.6) is 0 Å². The van der Waals surface area contributed by atoms with Crippen molar-refractivity contribution in [2.75, 3.05) is 0 Å². The molecule has 0 atom stereocenters. The van der Waals surface area contributed by atoms with E-state index >= 15 is 0 Å². The maximum absolute atomic E-state index is 12.0. The van der Waals surface area contributed by atoms with Gasteiger partial charge in [0.2, 0.25) is 0 Å². The highest BCUT2D eigenvalue weighted by Crippen LogP contribution is 2.09. The second kappa shape index (κ2) is 5.30. The highest BCUT2D eigenvalue weighted by molar-refractivity contribution is 6.30. The number of rotatable bonds is 3. The fourth-order valence-electron chi connectivity index (χ4n) is 1.82. The second-order valence-corrected chi connectivity index (χ2v) is 4.70. The van der Waals surface area contributed by atoms with Crippen LogP contribution in [0.25, 0.3) is 5.65 Å². The summed E-state index contributed by atoms with van der Waals surface area (Å²) < 4.78 is 1.57. The Bertz CT molecular complexity index is 718. The first kappa shape index (κ1) is 12.6. The van der Waals surface area contributed by atoms with Crippen molar-refractivity contribution in [1.82, 2.24) is 19.9 Å². The Hall–Kier alpha value is -2.40. The van der Waals surface area contributed by atoms with Crippen molar-refractivity contribution in [3.05, 3.63) is 65.1 Å². The Morgan fingerprint density at radius 2 is 2.10 bits per heavy atom. The largest absolute Gasteiger partial charge is 0.347 e. The van der Waals surface area contributed by atoms with E-state index in [0.717, 1.165) is 5.56 Å². The summed E-state index contributed by atoms with van der Waals surface area (Å²) in [5.41, 5.74) is 1.96. The first-order valence-electron chi connectivity index (χ1n) is 6.05. The predicted molar refractivity (Wildman–Crippen MR) is 75.6 cm³/mol. The van der Waals surface area contributed by atoms with Crippen LogP contribution in [0.2, 0.25) is 5.02 Å². The molecule has 6 heteroatoms. The molecular weight excluding hydrogens is 276 g/mol. The number of hydrogen-bond acceptors (Lipinski definition) is 3. The molecule has 2 aromatic heterocycles. The average Bonchev–Trinajstić information content (AvgIpc) is 2.90. The number of hydrogen-bond donors (Lipinski definition) is 1.